The molecule has 1 N–H and O–H groups in total. The summed E-state index contributed by atoms with van der Waals surface area (Å²) in [4.78, 5) is 4.25. The number of benzene rings is 1. The number of anilines is 1. The lowest BCUT2D eigenvalue weighted by Gasteiger charge is -2.17. The maximum atomic E-state index is 13.6. The first-order valence-electron chi connectivity index (χ1n) is 6.27. The van der Waals surface area contributed by atoms with Gasteiger partial charge in [-0.3, -0.25) is 0 Å². The number of nitrogens with zero attached hydrogens (tertiary/aromatic N) is 2. The molecule has 0 radical (unpaired) electrons. The number of aryl methyl sites for hydroxylation is 1. The van der Waals surface area contributed by atoms with Gasteiger partial charge in [0, 0.05) is 18.9 Å². The molecular weight excluding hydrogens is 241 g/mol. The van der Waals surface area contributed by atoms with Gasteiger partial charge >= 0.3 is 0 Å². The molecule has 0 saturated heterocycles. The smallest absolute Gasteiger partial charge is 0.203 e. The molecule has 0 aliphatic carbocycles. The monoisotopic (exact) mass is 259 g/mol. The Kier molecular flexibility index (Phi) is 4.00. The zero-order chi connectivity index (χ0) is 13.8. The first-order chi connectivity index (χ1) is 9.13. The van der Waals surface area contributed by atoms with Crippen molar-refractivity contribution in [2.75, 3.05) is 11.9 Å². The summed E-state index contributed by atoms with van der Waals surface area (Å²) in [6, 6.07) is 5.34. The molecule has 0 bridgehead atoms. The third kappa shape index (κ3) is 2.84. The van der Waals surface area contributed by atoms with Gasteiger partial charge in [-0.05, 0) is 31.0 Å². The molecule has 100 valence electrons. The third-order valence-electron chi connectivity index (χ3n) is 3.17. The van der Waals surface area contributed by atoms with Gasteiger partial charge in [-0.25, -0.2) is 9.37 Å². The zero-order valence-corrected chi connectivity index (χ0v) is 11.2. The van der Waals surface area contributed by atoms with E-state index in [-0.39, 0.29) is 11.9 Å². The largest absolute Gasteiger partial charge is 0.352 e. The average Bonchev–Trinajstić information content (AvgIpc) is 2.87. The Balaban J connectivity index is 2.27. The summed E-state index contributed by atoms with van der Waals surface area (Å²) in [7, 11) is 0. The van der Waals surface area contributed by atoms with Crippen molar-refractivity contribution in [3.05, 3.63) is 60.2 Å². The van der Waals surface area contributed by atoms with Gasteiger partial charge in [0.05, 0.1) is 6.04 Å². The van der Waals surface area contributed by atoms with E-state index in [0.717, 1.165) is 11.5 Å². The molecule has 0 aliphatic rings. The van der Waals surface area contributed by atoms with Crippen LogP contribution in [0.3, 0.4) is 0 Å². The van der Waals surface area contributed by atoms with Crippen molar-refractivity contribution in [3.8, 4) is 0 Å². The molecule has 0 spiro atoms. The Bertz CT molecular complexity index is 575. The Hall–Kier alpha value is -2.10. The Morgan fingerprint density at radius 2 is 2.32 bits per heavy atom. The standard InChI is InChI=1S/C15H18FN3/c1-4-7-17-15-18-8-9-19(15)12(3)13-6-5-11(2)14(16)10-13/h4-6,8-10,12H,1,7H2,2-3H3,(H,17,18). The Morgan fingerprint density at radius 1 is 1.53 bits per heavy atom. The fourth-order valence-electron chi connectivity index (χ4n) is 1.96. The lowest BCUT2D eigenvalue weighted by Crippen LogP contribution is -2.12. The molecule has 1 unspecified atom stereocenters. The van der Waals surface area contributed by atoms with Crippen molar-refractivity contribution >= 4 is 5.95 Å². The van der Waals surface area contributed by atoms with Crippen LogP contribution in [0.25, 0.3) is 0 Å². The maximum Gasteiger partial charge on any atom is 0.203 e. The van der Waals surface area contributed by atoms with Crippen LogP contribution in [0.4, 0.5) is 10.3 Å². The molecule has 2 aromatic rings. The maximum absolute atomic E-state index is 13.6. The highest BCUT2D eigenvalue weighted by Crippen LogP contribution is 2.23. The number of aromatic nitrogens is 2. The van der Waals surface area contributed by atoms with Gasteiger partial charge in [-0.15, -0.1) is 6.58 Å². The van der Waals surface area contributed by atoms with E-state index in [1.165, 1.54) is 0 Å². The summed E-state index contributed by atoms with van der Waals surface area (Å²) < 4.78 is 15.6. The molecular formula is C15H18FN3. The summed E-state index contributed by atoms with van der Waals surface area (Å²) in [5.74, 6) is 0.582. The number of nitrogens with one attached hydrogen (secondary N) is 1. The minimum atomic E-state index is -0.176. The number of hydrogen-bond donors (Lipinski definition) is 1. The van der Waals surface area contributed by atoms with Crippen LogP contribution < -0.4 is 5.32 Å². The highest BCUT2D eigenvalue weighted by atomic mass is 19.1. The molecule has 0 fully saturated rings. The zero-order valence-electron chi connectivity index (χ0n) is 11.2. The number of rotatable bonds is 5. The van der Waals surface area contributed by atoms with Gasteiger partial charge in [-0.2, -0.15) is 0 Å². The van der Waals surface area contributed by atoms with Crippen LogP contribution in [0.15, 0.2) is 43.2 Å². The summed E-state index contributed by atoms with van der Waals surface area (Å²) in [6.45, 7) is 8.09. The summed E-state index contributed by atoms with van der Waals surface area (Å²) in [5.41, 5.74) is 1.58. The fourth-order valence-corrected chi connectivity index (χ4v) is 1.96. The molecule has 2 rings (SSSR count). The molecule has 1 atom stereocenters. The van der Waals surface area contributed by atoms with Gasteiger partial charge in [0.1, 0.15) is 5.82 Å². The van der Waals surface area contributed by atoms with Crippen LogP contribution in [-0.4, -0.2) is 16.1 Å². The van der Waals surface area contributed by atoms with Gasteiger partial charge in [-0.1, -0.05) is 18.2 Å². The molecule has 1 heterocycles. The van der Waals surface area contributed by atoms with E-state index in [4.69, 9.17) is 0 Å². The number of hydrogen-bond acceptors (Lipinski definition) is 2. The minimum absolute atomic E-state index is 0.0184. The fraction of sp³-hybridized carbons (Fsp3) is 0.267. The Morgan fingerprint density at radius 3 is 3.00 bits per heavy atom. The minimum Gasteiger partial charge on any atom is -0.352 e. The highest BCUT2D eigenvalue weighted by molar-refractivity contribution is 5.32. The topological polar surface area (TPSA) is 29.9 Å². The van der Waals surface area contributed by atoms with E-state index in [9.17, 15) is 4.39 Å². The van der Waals surface area contributed by atoms with Crippen LogP contribution in [-0.2, 0) is 0 Å². The summed E-state index contributed by atoms with van der Waals surface area (Å²) >= 11 is 0. The molecule has 19 heavy (non-hydrogen) atoms. The van der Waals surface area contributed by atoms with E-state index in [2.05, 4.69) is 16.9 Å². The van der Waals surface area contributed by atoms with E-state index < -0.39 is 0 Å². The van der Waals surface area contributed by atoms with Crippen molar-refractivity contribution < 1.29 is 4.39 Å². The molecule has 0 aliphatic heterocycles. The SMILES string of the molecule is C=CCNc1nccn1C(C)c1ccc(C)c(F)c1. The highest BCUT2D eigenvalue weighted by Gasteiger charge is 2.12. The third-order valence-corrected chi connectivity index (χ3v) is 3.17. The second-order valence-electron chi connectivity index (χ2n) is 4.51. The molecule has 4 heteroatoms. The first-order valence-corrected chi connectivity index (χ1v) is 6.27. The molecule has 0 amide bonds. The van der Waals surface area contributed by atoms with Crippen LogP contribution in [0, 0.1) is 12.7 Å². The average molecular weight is 259 g/mol. The van der Waals surface area contributed by atoms with Crippen LogP contribution in [0.1, 0.15) is 24.1 Å². The molecule has 1 aromatic carbocycles. The van der Waals surface area contributed by atoms with Gasteiger partial charge in [0.2, 0.25) is 5.95 Å². The van der Waals surface area contributed by atoms with Crippen molar-refractivity contribution in [1.82, 2.24) is 9.55 Å². The van der Waals surface area contributed by atoms with E-state index in [0.29, 0.717) is 12.1 Å². The predicted molar refractivity (Wildman–Crippen MR) is 75.9 cm³/mol. The van der Waals surface area contributed by atoms with Crippen molar-refractivity contribution in [1.29, 1.82) is 0 Å². The number of imidazole rings is 1. The molecule has 1 aromatic heterocycles. The summed E-state index contributed by atoms with van der Waals surface area (Å²) in [5, 5.41) is 3.16. The van der Waals surface area contributed by atoms with E-state index >= 15 is 0 Å². The van der Waals surface area contributed by atoms with Crippen LogP contribution in [0.5, 0.6) is 0 Å². The van der Waals surface area contributed by atoms with E-state index in [1.54, 1.807) is 31.3 Å². The van der Waals surface area contributed by atoms with Crippen molar-refractivity contribution in [3.63, 3.8) is 0 Å². The van der Waals surface area contributed by atoms with Crippen molar-refractivity contribution in [2.45, 2.75) is 19.9 Å². The van der Waals surface area contributed by atoms with Gasteiger partial charge in [0.25, 0.3) is 0 Å². The lowest BCUT2D eigenvalue weighted by molar-refractivity contribution is 0.599. The second kappa shape index (κ2) is 5.69. The van der Waals surface area contributed by atoms with Crippen LogP contribution >= 0.6 is 0 Å². The summed E-state index contributed by atoms with van der Waals surface area (Å²) in [6.07, 6.45) is 5.38. The second-order valence-corrected chi connectivity index (χ2v) is 4.51. The lowest BCUT2D eigenvalue weighted by atomic mass is 10.1. The number of halogens is 1. The first kappa shape index (κ1) is 13.3. The quantitative estimate of drug-likeness (QED) is 0.832. The molecule has 0 saturated carbocycles. The van der Waals surface area contributed by atoms with Gasteiger partial charge < -0.3 is 9.88 Å². The Labute approximate surface area is 112 Å². The molecule has 3 nitrogen and oxygen atoms in total. The van der Waals surface area contributed by atoms with Crippen molar-refractivity contribution in [2.24, 2.45) is 0 Å². The van der Waals surface area contributed by atoms with Gasteiger partial charge in [0.15, 0.2) is 0 Å². The van der Waals surface area contributed by atoms with E-state index in [1.807, 2.05) is 23.8 Å². The van der Waals surface area contributed by atoms with Crippen LogP contribution in [0.2, 0.25) is 0 Å². The predicted octanol–water partition coefficient (Wildman–Crippen LogP) is 3.54. The normalized spacial score (nSPS) is 12.2.